The van der Waals surface area contributed by atoms with Gasteiger partial charge in [-0.3, -0.25) is 0 Å². The summed E-state index contributed by atoms with van der Waals surface area (Å²) in [6, 6.07) is 40.7. The van der Waals surface area contributed by atoms with Crippen molar-refractivity contribution in [2.75, 3.05) is 4.78 Å². The number of benzene rings is 4. The van der Waals surface area contributed by atoms with E-state index >= 15 is 0 Å². The summed E-state index contributed by atoms with van der Waals surface area (Å²) in [4.78, 5) is 1.31. The second-order valence-corrected chi connectivity index (χ2v) is 9.68. The van der Waals surface area contributed by atoms with Gasteiger partial charge in [0, 0.05) is 15.5 Å². The van der Waals surface area contributed by atoms with Crippen LogP contribution in [0.4, 0.5) is 5.69 Å². The van der Waals surface area contributed by atoms with E-state index in [2.05, 4.69) is 120 Å². The molecule has 3 heteroatoms. The van der Waals surface area contributed by atoms with Crippen molar-refractivity contribution in [3.8, 4) is 0 Å². The third-order valence-electron chi connectivity index (χ3n) is 4.96. The van der Waals surface area contributed by atoms with Crippen molar-refractivity contribution in [3.63, 3.8) is 0 Å². The van der Waals surface area contributed by atoms with E-state index in [1.165, 1.54) is 15.5 Å². The third kappa shape index (κ3) is 2.45. The Balaban J connectivity index is 2.00. The maximum absolute atomic E-state index is 5.11. The molecule has 0 saturated heterocycles. The molecule has 0 bridgehead atoms. The van der Waals surface area contributed by atoms with Crippen LogP contribution in [0.1, 0.15) is 0 Å². The number of nitrogens with zero attached hydrogens (tertiary/aromatic N) is 2. The number of hydrogen-bond acceptors (Lipinski definition) is 2. The van der Waals surface area contributed by atoms with E-state index < -0.39 is 7.04 Å². The van der Waals surface area contributed by atoms with Crippen LogP contribution in [0.3, 0.4) is 0 Å². The van der Waals surface area contributed by atoms with Crippen LogP contribution in [-0.4, -0.2) is 0 Å². The van der Waals surface area contributed by atoms with Crippen LogP contribution >= 0.6 is 7.04 Å². The molecule has 0 spiro atoms. The summed E-state index contributed by atoms with van der Waals surface area (Å²) in [5.41, 5.74) is 1.12. The van der Waals surface area contributed by atoms with Gasteiger partial charge in [0.25, 0.3) is 0 Å². The molecule has 0 radical (unpaired) electrons. The van der Waals surface area contributed by atoms with Crippen LogP contribution < -0.4 is 20.7 Å². The van der Waals surface area contributed by atoms with Crippen LogP contribution in [0.15, 0.2) is 120 Å². The standard InChI is InChI=1S/C24H19N2P/c1-4-12-20(13-5-1)26-25-23-18-10-11-19-24(23)27(26,21-14-6-2-7-15-21)22-16-8-3-9-17-22/h1-19H. The smallest absolute Gasteiger partial charge is 0.0936 e. The minimum atomic E-state index is -2.11. The Hall–Kier alpha value is -3.09. The highest BCUT2D eigenvalue weighted by Crippen LogP contribution is 2.55. The maximum Gasteiger partial charge on any atom is 0.0936 e. The van der Waals surface area contributed by atoms with Gasteiger partial charge in [-0.2, -0.15) is 5.10 Å². The molecule has 27 heavy (non-hydrogen) atoms. The number of para-hydroxylation sites is 1. The Labute approximate surface area is 159 Å². The highest BCUT2D eigenvalue weighted by atomic mass is 31.2. The lowest BCUT2D eigenvalue weighted by Crippen LogP contribution is -2.27. The van der Waals surface area contributed by atoms with Gasteiger partial charge in [-0.1, -0.05) is 97.1 Å². The average molecular weight is 366 g/mol. The molecule has 1 aliphatic rings. The molecular weight excluding hydrogens is 347 g/mol. The Morgan fingerprint density at radius 1 is 0.519 bits per heavy atom. The quantitative estimate of drug-likeness (QED) is 0.485. The lowest BCUT2D eigenvalue weighted by Gasteiger charge is -2.34. The predicted molar refractivity (Wildman–Crippen MR) is 114 cm³/mol. The van der Waals surface area contributed by atoms with Gasteiger partial charge in [-0.05, 0) is 18.2 Å². The number of hydrogen-bond donors (Lipinski definition) is 0. The molecule has 0 aliphatic carbocycles. The Bertz CT molecular complexity index is 1180. The topological polar surface area (TPSA) is 15.6 Å². The van der Waals surface area contributed by atoms with Crippen molar-refractivity contribution < 1.29 is 0 Å². The van der Waals surface area contributed by atoms with Gasteiger partial charge in [0.05, 0.1) is 18.1 Å². The molecule has 0 amide bonds. The molecule has 4 aromatic carbocycles. The summed E-state index contributed by atoms with van der Waals surface area (Å²) in [7, 11) is -2.11. The fourth-order valence-corrected chi connectivity index (χ4v) is 7.99. The van der Waals surface area contributed by atoms with Crippen LogP contribution in [0.2, 0.25) is 0 Å². The third-order valence-corrected chi connectivity index (χ3v) is 9.02. The maximum atomic E-state index is 5.11. The lowest BCUT2D eigenvalue weighted by atomic mass is 10.3. The highest BCUT2D eigenvalue weighted by Gasteiger charge is 2.35. The highest BCUT2D eigenvalue weighted by molar-refractivity contribution is 7.84. The first-order valence-corrected chi connectivity index (χ1v) is 10.8. The Kier molecular flexibility index (Phi) is 3.92. The molecule has 0 aromatic heterocycles. The van der Waals surface area contributed by atoms with Crippen molar-refractivity contribution in [2.24, 2.45) is 5.10 Å². The molecule has 0 saturated carbocycles. The summed E-state index contributed by atoms with van der Waals surface area (Å²) >= 11 is 0. The predicted octanol–water partition coefficient (Wildman–Crippen LogP) is 4.58. The van der Waals surface area contributed by atoms with Crippen molar-refractivity contribution in [2.45, 2.75) is 0 Å². The Morgan fingerprint density at radius 3 is 1.59 bits per heavy atom. The summed E-state index contributed by atoms with van der Waals surface area (Å²) in [6.07, 6.45) is 0. The molecule has 0 fully saturated rings. The van der Waals surface area contributed by atoms with Gasteiger partial charge in [-0.15, -0.1) is 0 Å². The minimum Gasteiger partial charge on any atom is -0.237 e. The van der Waals surface area contributed by atoms with Crippen molar-refractivity contribution in [1.29, 1.82) is 0 Å². The average Bonchev–Trinajstić information content (AvgIpc) is 3.12. The normalized spacial score (nSPS) is 14.4. The van der Waals surface area contributed by atoms with Crippen LogP contribution in [-0.2, 0) is 0 Å². The monoisotopic (exact) mass is 366 g/mol. The van der Waals surface area contributed by atoms with Crippen molar-refractivity contribution in [1.82, 2.24) is 0 Å². The van der Waals surface area contributed by atoms with Crippen molar-refractivity contribution >= 4 is 23.3 Å². The summed E-state index contributed by atoms with van der Waals surface area (Å²) in [5.74, 6) is 0. The number of anilines is 1. The first-order chi connectivity index (χ1) is 13.4. The first kappa shape index (κ1) is 16.1. The fourth-order valence-electron chi connectivity index (χ4n) is 3.82. The lowest BCUT2D eigenvalue weighted by molar-refractivity contribution is 1.12. The van der Waals surface area contributed by atoms with Crippen LogP contribution in [0.5, 0.6) is 0 Å². The zero-order chi connectivity index (χ0) is 18.1. The van der Waals surface area contributed by atoms with E-state index in [9.17, 15) is 0 Å². The molecule has 1 aliphatic heterocycles. The second kappa shape index (κ2) is 6.57. The summed E-state index contributed by atoms with van der Waals surface area (Å²) in [6.45, 7) is 0. The van der Waals surface area contributed by atoms with E-state index in [1.54, 1.807) is 0 Å². The summed E-state index contributed by atoms with van der Waals surface area (Å²) in [5, 5.41) is 8.80. The van der Waals surface area contributed by atoms with E-state index in [-0.39, 0.29) is 0 Å². The van der Waals surface area contributed by atoms with Gasteiger partial charge in [0.2, 0.25) is 0 Å². The molecule has 2 nitrogen and oxygen atoms in total. The van der Waals surface area contributed by atoms with Gasteiger partial charge in [-0.25, -0.2) is 4.78 Å². The second-order valence-electron chi connectivity index (χ2n) is 6.52. The zero-order valence-electron chi connectivity index (χ0n) is 14.8. The number of fused-ring (bicyclic) bond motifs is 1. The molecule has 130 valence electrons. The van der Waals surface area contributed by atoms with Gasteiger partial charge in [0.15, 0.2) is 0 Å². The Morgan fingerprint density at radius 2 is 1.00 bits per heavy atom. The molecule has 4 aromatic rings. The van der Waals surface area contributed by atoms with E-state index in [1.807, 2.05) is 0 Å². The number of rotatable bonds is 3. The SMILES string of the molecule is c1ccc(N2N=c3ccccc3=P2(c2ccccc2)c2ccccc2)cc1. The molecular formula is C24H19N2P. The molecule has 0 atom stereocenters. The van der Waals surface area contributed by atoms with Crippen molar-refractivity contribution in [3.05, 3.63) is 126 Å². The zero-order valence-corrected chi connectivity index (χ0v) is 15.7. The van der Waals surface area contributed by atoms with Crippen LogP contribution in [0.25, 0.3) is 0 Å². The van der Waals surface area contributed by atoms with Gasteiger partial charge >= 0.3 is 0 Å². The first-order valence-electron chi connectivity index (χ1n) is 9.08. The fraction of sp³-hybridized carbons (Fsp3) is 0. The van der Waals surface area contributed by atoms with E-state index in [4.69, 9.17) is 5.10 Å². The minimum absolute atomic E-state index is 1.06. The van der Waals surface area contributed by atoms with Gasteiger partial charge in [0.1, 0.15) is 0 Å². The van der Waals surface area contributed by atoms with E-state index in [0.717, 1.165) is 11.0 Å². The molecule has 5 rings (SSSR count). The summed E-state index contributed by atoms with van der Waals surface area (Å²) < 4.78 is 2.28. The largest absolute Gasteiger partial charge is 0.237 e. The molecule has 1 heterocycles. The van der Waals surface area contributed by atoms with Gasteiger partial charge < -0.3 is 0 Å². The van der Waals surface area contributed by atoms with E-state index in [0.29, 0.717) is 0 Å². The van der Waals surface area contributed by atoms with Crippen LogP contribution in [0, 0.1) is 4.94 Å². The molecule has 0 N–H and O–H groups in total. The molecule has 0 unspecified atom stereocenters.